The average Bonchev–Trinajstić information content (AvgIpc) is 3.26. The number of rotatable bonds is 10. The number of benzene rings is 2. The zero-order chi connectivity index (χ0) is 23.9. The van der Waals surface area contributed by atoms with E-state index < -0.39 is 0 Å². The summed E-state index contributed by atoms with van der Waals surface area (Å²) in [5, 5.41) is 9.40. The monoisotopic (exact) mass is 478 g/mol. The molecule has 0 fully saturated rings. The van der Waals surface area contributed by atoms with E-state index in [4.69, 9.17) is 9.47 Å². The molecule has 1 aliphatic heterocycles. The van der Waals surface area contributed by atoms with Crippen LogP contribution in [0.1, 0.15) is 36.4 Å². The fourth-order valence-electron chi connectivity index (χ4n) is 3.79. The molecule has 0 saturated carbocycles. The number of nitrogens with zero attached hydrogens (tertiary/aromatic N) is 4. The van der Waals surface area contributed by atoms with Crippen LogP contribution in [0.15, 0.2) is 66.3 Å². The van der Waals surface area contributed by atoms with Crippen LogP contribution in [0.25, 0.3) is 0 Å². The van der Waals surface area contributed by atoms with Gasteiger partial charge >= 0.3 is 0 Å². The first-order chi connectivity index (χ1) is 16.6. The zero-order valence-corrected chi connectivity index (χ0v) is 20.5. The summed E-state index contributed by atoms with van der Waals surface area (Å²) in [6, 6.07) is 15.9. The lowest BCUT2D eigenvalue weighted by Gasteiger charge is -2.26. The van der Waals surface area contributed by atoms with Gasteiger partial charge in [0.2, 0.25) is 5.91 Å². The van der Waals surface area contributed by atoms with Gasteiger partial charge in [-0.25, -0.2) is 0 Å². The van der Waals surface area contributed by atoms with Crippen LogP contribution in [-0.2, 0) is 17.9 Å². The van der Waals surface area contributed by atoms with E-state index in [1.807, 2.05) is 33.7 Å². The second kappa shape index (κ2) is 11.2. The lowest BCUT2D eigenvalue weighted by atomic mass is 10.1. The molecule has 8 heteroatoms. The number of aryl methyl sites for hydroxylation is 1. The minimum Gasteiger partial charge on any atom is -0.485 e. The van der Waals surface area contributed by atoms with Crippen molar-refractivity contribution < 1.29 is 14.3 Å². The summed E-state index contributed by atoms with van der Waals surface area (Å²) in [6.45, 7) is 10.2. The molecule has 1 amide bonds. The number of hydrogen-bond donors (Lipinski definition) is 0. The number of para-hydroxylation sites is 2. The van der Waals surface area contributed by atoms with Gasteiger partial charge in [0.25, 0.3) is 0 Å². The van der Waals surface area contributed by atoms with Crippen LogP contribution in [0.3, 0.4) is 0 Å². The molecule has 0 aliphatic carbocycles. The van der Waals surface area contributed by atoms with Gasteiger partial charge in [0, 0.05) is 19.6 Å². The second-order valence-electron chi connectivity index (χ2n) is 8.19. The first-order valence-electron chi connectivity index (χ1n) is 11.5. The van der Waals surface area contributed by atoms with E-state index in [2.05, 4.69) is 54.9 Å². The molecular formula is C26H30N4O3S. The van der Waals surface area contributed by atoms with Crippen LogP contribution >= 0.6 is 11.8 Å². The average molecular weight is 479 g/mol. The molecule has 0 unspecified atom stereocenters. The van der Waals surface area contributed by atoms with Gasteiger partial charge in [-0.3, -0.25) is 9.36 Å². The van der Waals surface area contributed by atoms with Gasteiger partial charge in [0.15, 0.2) is 28.6 Å². The third-order valence-corrected chi connectivity index (χ3v) is 6.47. The minimum absolute atomic E-state index is 0.0771. The van der Waals surface area contributed by atoms with Crippen LogP contribution in [0, 0.1) is 6.92 Å². The predicted molar refractivity (Wildman–Crippen MR) is 133 cm³/mol. The van der Waals surface area contributed by atoms with Crippen molar-refractivity contribution in [3.05, 3.63) is 78.1 Å². The van der Waals surface area contributed by atoms with Gasteiger partial charge in [-0.05, 0) is 31.0 Å². The molecule has 1 aromatic heterocycles. The van der Waals surface area contributed by atoms with Crippen LogP contribution in [0.4, 0.5) is 0 Å². The summed E-state index contributed by atoms with van der Waals surface area (Å²) in [5.41, 5.74) is 2.34. The minimum atomic E-state index is -0.384. The van der Waals surface area contributed by atoms with Crippen molar-refractivity contribution in [3.8, 4) is 11.5 Å². The first-order valence-corrected chi connectivity index (χ1v) is 12.5. The van der Waals surface area contributed by atoms with Gasteiger partial charge in [-0.2, -0.15) is 0 Å². The number of carbonyl (C=O) groups excluding carboxylic acids is 1. The summed E-state index contributed by atoms with van der Waals surface area (Å²) in [7, 11) is 0. The number of allylic oxidation sites excluding steroid dienone is 1. The summed E-state index contributed by atoms with van der Waals surface area (Å²) < 4.78 is 13.9. The fourth-order valence-corrected chi connectivity index (χ4v) is 4.64. The molecule has 34 heavy (non-hydrogen) atoms. The van der Waals surface area contributed by atoms with Crippen molar-refractivity contribution in [1.29, 1.82) is 0 Å². The molecule has 0 bridgehead atoms. The van der Waals surface area contributed by atoms with Crippen molar-refractivity contribution in [1.82, 2.24) is 19.7 Å². The highest BCUT2D eigenvalue weighted by Gasteiger charge is 2.28. The molecule has 0 N–H and O–H groups in total. The zero-order valence-electron chi connectivity index (χ0n) is 19.6. The van der Waals surface area contributed by atoms with Crippen LogP contribution in [0.5, 0.6) is 11.5 Å². The number of aromatic nitrogens is 3. The molecule has 0 saturated heterocycles. The number of amides is 1. The molecule has 0 spiro atoms. The number of hydrogen-bond acceptors (Lipinski definition) is 6. The van der Waals surface area contributed by atoms with E-state index in [0.29, 0.717) is 43.0 Å². The Bertz CT molecular complexity index is 1130. The molecule has 178 valence electrons. The molecule has 7 nitrogen and oxygen atoms in total. The fraction of sp³-hybridized carbons (Fsp3) is 0.346. The summed E-state index contributed by atoms with van der Waals surface area (Å²) >= 11 is 1.39. The van der Waals surface area contributed by atoms with E-state index in [0.717, 1.165) is 17.7 Å². The Kier molecular flexibility index (Phi) is 7.90. The normalized spacial score (nSPS) is 14.6. The number of thioether (sulfide) groups is 1. The summed E-state index contributed by atoms with van der Waals surface area (Å²) in [6.07, 6.45) is 2.31. The Morgan fingerprint density at radius 1 is 1.21 bits per heavy atom. The molecular weight excluding hydrogens is 448 g/mol. The van der Waals surface area contributed by atoms with E-state index in [9.17, 15) is 4.79 Å². The van der Waals surface area contributed by atoms with Gasteiger partial charge < -0.3 is 14.4 Å². The lowest BCUT2D eigenvalue weighted by Crippen LogP contribution is -2.32. The Morgan fingerprint density at radius 3 is 2.71 bits per heavy atom. The van der Waals surface area contributed by atoms with Crippen molar-refractivity contribution in [3.63, 3.8) is 0 Å². The lowest BCUT2D eigenvalue weighted by molar-refractivity contribution is -0.129. The highest BCUT2D eigenvalue weighted by molar-refractivity contribution is 7.99. The third-order valence-electron chi connectivity index (χ3n) is 5.52. The molecule has 1 aliphatic rings. The van der Waals surface area contributed by atoms with E-state index in [-0.39, 0.29) is 17.8 Å². The Balaban J connectivity index is 1.44. The predicted octanol–water partition coefficient (Wildman–Crippen LogP) is 4.82. The maximum atomic E-state index is 13.1. The van der Waals surface area contributed by atoms with Crippen LogP contribution in [0.2, 0.25) is 0 Å². The highest BCUT2D eigenvalue weighted by Crippen LogP contribution is 2.36. The van der Waals surface area contributed by atoms with Gasteiger partial charge in [0.05, 0.1) is 5.75 Å². The van der Waals surface area contributed by atoms with Crippen LogP contribution < -0.4 is 9.47 Å². The van der Waals surface area contributed by atoms with Crippen molar-refractivity contribution >= 4 is 17.7 Å². The topological polar surface area (TPSA) is 69.5 Å². The Hall–Kier alpha value is -3.26. The van der Waals surface area contributed by atoms with Crippen molar-refractivity contribution in [2.75, 3.05) is 18.9 Å². The van der Waals surface area contributed by atoms with Crippen molar-refractivity contribution in [2.45, 2.75) is 44.6 Å². The Morgan fingerprint density at radius 2 is 1.97 bits per heavy atom. The van der Waals surface area contributed by atoms with E-state index in [1.165, 1.54) is 17.3 Å². The van der Waals surface area contributed by atoms with Gasteiger partial charge in [-0.15, -0.1) is 16.8 Å². The molecule has 3 aromatic rings. The first kappa shape index (κ1) is 23.9. The third kappa shape index (κ3) is 5.62. The maximum absolute atomic E-state index is 13.1. The smallest absolute Gasteiger partial charge is 0.233 e. The number of fused-ring (bicyclic) bond motifs is 1. The van der Waals surface area contributed by atoms with Gasteiger partial charge in [0.1, 0.15) is 6.61 Å². The van der Waals surface area contributed by atoms with Crippen LogP contribution in [-0.4, -0.2) is 44.5 Å². The highest BCUT2D eigenvalue weighted by atomic mass is 32.2. The summed E-state index contributed by atoms with van der Waals surface area (Å²) in [5.74, 6) is 2.43. The van der Waals surface area contributed by atoms with Crippen molar-refractivity contribution in [2.24, 2.45) is 0 Å². The van der Waals surface area contributed by atoms with E-state index in [1.54, 1.807) is 6.08 Å². The quantitative estimate of drug-likeness (QED) is 0.308. The standard InChI is InChI=1S/C26H30N4O3S/c1-4-14-29(16-20-12-10-19(3)11-13-20)24(31)18-34-26-28-27-25(30(26)15-5-2)23-17-32-21-8-6-7-9-22(21)33-23/h5-13,23H,2,4,14-18H2,1,3H3/t23-/m1/s1. The maximum Gasteiger partial charge on any atom is 0.233 e. The molecule has 4 rings (SSSR count). The second-order valence-corrected chi connectivity index (χ2v) is 9.14. The van der Waals surface area contributed by atoms with E-state index >= 15 is 0 Å². The SMILES string of the molecule is C=CCn1c(SCC(=O)N(CCC)Cc2ccc(C)cc2)nnc1[C@H]1COc2ccccc2O1. The number of carbonyl (C=O) groups is 1. The molecule has 0 radical (unpaired) electrons. The molecule has 2 aromatic carbocycles. The largest absolute Gasteiger partial charge is 0.485 e. The molecule has 2 heterocycles. The molecule has 1 atom stereocenters. The summed E-state index contributed by atoms with van der Waals surface area (Å²) in [4.78, 5) is 15.0. The van der Waals surface area contributed by atoms with Gasteiger partial charge in [-0.1, -0.05) is 66.7 Å². The Labute approximate surface area is 204 Å². The number of ether oxygens (including phenoxy) is 2.